The van der Waals surface area contributed by atoms with Gasteiger partial charge in [0.25, 0.3) is 0 Å². The first-order chi connectivity index (χ1) is 13.7. The topological polar surface area (TPSA) is 61.0 Å². The number of benzene rings is 2. The summed E-state index contributed by atoms with van der Waals surface area (Å²) in [4.78, 5) is 0. The van der Waals surface area contributed by atoms with Crippen molar-refractivity contribution in [2.24, 2.45) is 0 Å². The molecule has 6 nitrogen and oxygen atoms in total. The van der Waals surface area contributed by atoms with Gasteiger partial charge in [-0.15, -0.1) is 0 Å². The Kier molecular flexibility index (Phi) is 12.9. The van der Waals surface area contributed by atoms with Gasteiger partial charge < -0.3 is 29.6 Å². The van der Waals surface area contributed by atoms with Crippen LogP contribution in [-0.4, -0.2) is 35.5 Å². The lowest BCUT2D eigenvalue weighted by molar-refractivity contribution is 0.324. The van der Waals surface area contributed by atoms with Crippen molar-refractivity contribution in [3.63, 3.8) is 0 Å². The van der Waals surface area contributed by atoms with Gasteiger partial charge in [0.15, 0.2) is 11.5 Å². The predicted octanol–water partition coefficient (Wildman–Crippen LogP) is 5.43. The molecule has 0 heterocycles. The van der Waals surface area contributed by atoms with Crippen LogP contribution in [0.2, 0.25) is 0 Å². The molecule has 2 aromatic rings. The number of methoxy groups -OCH3 is 4. The first-order valence-corrected chi connectivity index (χ1v) is 9.55. The Morgan fingerprint density at radius 1 is 0.679 bits per heavy atom. The van der Waals surface area contributed by atoms with E-state index in [1.807, 2.05) is 65.1 Å². The number of hydrogen-bond donors (Lipinski definition) is 2. The molecule has 0 aliphatic heterocycles. The van der Waals surface area contributed by atoms with E-state index in [0.717, 1.165) is 22.7 Å². The van der Waals surface area contributed by atoms with Crippen LogP contribution in [0.4, 0.5) is 11.4 Å². The number of rotatable bonds is 8. The summed E-state index contributed by atoms with van der Waals surface area (Å²) in [5.41, 5.74) is 2.93. The largest absolute Gasteiger partial charge is 0.496 e. The first-order valence-electron chi connectivity index (χ1n) is 9.55. The van der Waals surface area contributed by atoms with Crippen molar-refractivity contribution < 1.29 is 18.9 Å². The highest BCUT2D eigenvalue weighted by Gasteiger charge is 2.13. The zero-order chi connectivity index (χ0) is 21.5. The van der Waals surface area contributed by atoms with Crippen LogP contribution in [0.15, 0.2) is 30.3 Å². The van der Waals surface area contributed by atoms with Gasteiger partial charge in [-0.05, 0) is 18.2 Å². The van der Waals surface area contributed by atoms with E-state index in [1.165, 1.54) is 0 Å². The van der Waals surface area contributed by atoms with Crippen LogP contribution >= 0.6 is 0 Å². The summed E-state index contributed by atoms with van der Waals surface area (Å²) in [5.74, 6) is 2.61. The maximum absolute atomic E-state index is 5.42. The molecule has 0 spiro atoms. The SMILES string of the molecule is CC.CC.CNc1ccc(OC)c(CNc2cc(OC)c(OC)c(OC)c2)c1. The highest BCUT2D eigenvalue weighted by molar-refractivity contribution is 5.63. The number of ether oxygens (including phenoxy) is 4. The van der Waals surface area contributed by atoms with Crippen molar-refractivity contribution in [2.45, 2.75) is 34.2 Å². The van der Waals surface area contributed by atoms with Crippen LogP contribution in [-0.2, 0) is 6.54 Å². The maximum atomic E-state index is 5.42. The van der Waals surface area contributed by atoms with Crippen molar-refractivity contribution in [1.82, 2.24) is 0 Å². The van der Waals surface area contributed by atoms with Gasteiger partial charge in [0.2, 0.25) is 5.75 Å². The first kappa shape index (κ1) is 25.2. The third-order valence-electron chi connectivity index (χ3n) is 3.72. The zero-order valence-electron chi connectivity index (χ0n) is 18.7. The molecule has 0 saturated carbocycles. The molecule has 0 bridgehead atoms. The quantitative estimate of drug-likeness (QED) is 0.625. The normalized spacial score (nSPS) is 9.04. The van der Waals surface area contributed by atoms with Crippen LogP contribution in [0, 0.1) is 0 Å². The molecular formula is C22H36N2O4. The van der Waals surface area contributed by atoms with Crippen LogP contribution in [0.5, 0.6) is 23.0 Å². The molecule has 158 valence electrons. The fourth-order valence-electron chi connectivity index (χ4n) is 2.45. The molecule has 0 aromatic heterocycles. The van der Waals surface area contributed by atoms with Crippen molar-refractivity contribution in [2.75, 3.05) is 46.1 Å². The molecular weight excluding hydrogens is 356 g/mol. The molecule has 0 amide bonds. The smallest absolute Gasteiger partial charge is 0.203 e. The summed E-state index contributed by atoms with van der Waals surface area (Å²) in [6.45, 7) is 8.59. The van der Waals surface area contributed by atoms with Crippen LogP contribution in [0.3, 0.4) is 0 Å². The standard InChI is InChI=1S/C18H24N2O4.2C2H6/c1-19-13-6-7-15(21-2)12(8-13)11-20-14-9-16(22-3)18(24-5)17(10-14)23-4;2*1-2/h6-10,19-20H,11H2,1-5H3;2*1-2H3. The summed E-state index contributed by atoms with van der Waals surface area (Å²) in [7, 11) is 8.33. The van der Waals surface area contributed by atoms with E-state index in [4.69, 9.17) is 18.9 Å². The monoisotopic (exact) mass is 392 g/mol. The van der Waals surface area contributed by atoms with E-state index in [9.17, 15) is 0 Å². The van der Waals surface area contributed by atoms with Crippen molar-refractivity contribution in [1.29, 1.82) is 0 Å². The summed E-state index contributed by atoms with van der Waals surface area (Å²) >= 11 is 0. The Morgan fingerprint density at radius 3 is 1.64 bits per heavy atom. The Hall–Kier alpha value is -2.76. The summed E-state index contributed by atoms with van der Waals surface area (Å²) < 4.78 is 21.5. The van der Waals surface area contributed by atoms with Gasteiger partial charge in [-0.1, -0.05) is 27.7 Å². The fraction of sp³-hybridized carbons (Fsp3) is 0.455. The zero-order valence-corrected chi connectivity index (χ0v) is 18.7. The lowest BCUT2D eigenvalue weighted by atomic mass is 10.1. The highest BCUT2D eigenvalue weighted by atomic mass is 16.5. The Bertz CT molecular complexity index is 665. The minimum Gasteiger partial charge on any atom is -0.496 e. The average Bonchev–Trinajstić information content (AvgIpc) is 2.79. The molecule has 0 unspecified atom stereocenters. The second-order valence-corrected chi connectivity index (χ2v) is 5.04. The number of nitrogens with one attached hydrogen (secondary N) is 2. The van der Waals surface area contributed by atoms with Gasteiger partial charge in [0.05, 0.1) is 28.4 Å². The molecule has 0 saturated heterocycles. The molecule has 0 aliphatic rings. The Morgan fingerprint density at radius 2 is 1.21 bits per heavy atom. The lowest BCUT2D eigenvalue weighted by Gasteiger charge is -2.16. The molecule has 0 aliphatic carbocycles. The average molecular weight is 393 g/mol. The second-order valence-electron chi connectivity index (χ2n) is 5.04. The number of hydrogen-bond acceptors (Lipinski definition) is 6. The molecule has 0 fully saturated rings. The van der Waals surface area contributed by atoms with E-state index < -0.39 is 0 Å². The van der Waals surface area contributed by atoms with Gasteiger partial charge >= 0.3 is 0 Å². The highest BCUT2D eigenvalue weighted by Crippen LogP contribution is 2.40. The van der Waals surface area contributed by atoms with Crippen LogP contribution in [0.1, 0.15) is 33.3 Å². The van der Waals surface area contributed by atoms with Crippen LogP contribution < -0.4 is 29.6 Å². The van der Waals surface area contributed by atoms with Crippen molar-refractivity contribution in [3.8, 4) is 23.0 Å². The molecule has 2 rings (SSSR count). The van der Waals surface area contributed by atoms with E-state index in [0.29, 0.717) is 23.8 Å². The Labute approximate surface area is 170 Å². The van der Waals surface area contributed by atoms with Crippen molar-refractivity contribution in [3.05, 3.63) is 35.9 Å². The van der Waals surface area contributed by atoms with Gasteiger partial charge in [-0.25, -0.2) is 0 Å². The third kappa shape index (κ3) is 6.76. The van der Waals surface area contributed by atoms with E-state index in [2.05, 4.69) is 10.6 Å². The molecule has 6 heteroatoms. The van der Waals surface area contributed by atoms with E-state index in [1.54, 1.807) is 28.4 Å². The van der Waals surface area contributed by atoms with Crippen molar-refractivity contribution >= 4 is 11.4 Å². The predicted molar refractivity (Wildman–Crippen MR) is 119 cm³/mol. The van der Waals surface area contributed by atoms with E-state index in [-0.39, 0.29) is 0 Å². The lowest BCUT2D eigenvalue weighted by Crippen LogP contribution is -2.04. The summed E-state index contributed by atoms with van der Waals surface area (Å²) in [6, 6.07) is 9.70. The summed E-state index contributed by atoms with van der Waals surface area (Å²) in [5, 5.41) is 6.49. The molecule has 0 radical (unpaired) electrons. The van der Waals surface area contributed by atoms with E-state index >= 15 is 0 Å². The minimum absolute atomic E-state index is 0.570. The third-order valence-corrected chi connectivity index (χ3v) is 3.72. The summed E-state index contributed by atoms with van der Waals surface area (Å²) in [6.07, 6.45) is 0. The molecule has 2 N–H and O–H groups in total. The maximum Gasteiger partial charge on any atom is 0.203 e. The van der Waals surface area contributed by atoms with Crippen LogP contribution in [0.25, 0.3) is 0 Å². The molecule has 2 aromatic carbocycles. The van der Waals surface area contributed by atoms with Gasteiger partial charge in [-0.2, -0.15) is 0 Å². The second kappa shape index (κ2) is 14.3. The fourth-order valence-corrected chi connectivity index (χ4v) is 2.45. The molecule has 28 heavy (non-hydrogen) atoms. The van der Waals surface area contributed by atoms with Gasteiger partial charge in [-0.3, -0.25) is 0 Å². The molecule has 0 atom stereocenters. The number of anilines is 2. The minimum atomic E-state index is 0.570. The Balaban J connectivity index is 0.00000171. The van der Waals surface area contributed by atoms with Gasteiger partial charge in [0, 0.05) is 42.7 Å². The van der Waals surface area contributed by atoms with Gasteiger partial charge in [0.1, 0.15) is 5.75 Å².